The van der Waals surface area contributed by atoms with Crippen LogP contribution >= 0.6 is 0 Å². The Hall–Kier alpha value is -0.810. The molecule has 0 radical (unpaired) electrons. The highest BCUT2D eigenvalue weighted by Gasteiger charge is 2.36. The third kappa shape index (κ3) is 6.78. The molecule has 0 fully saturated rings. The van der Waals surface area contributed by atoms with Gasteiger partial charge in [0, 0.05) is 13.1 Å². The zero-order valence-electron chi connectivity index (χ0n) is 13.4. The van der Waals surface area contributed by atoms with E-state index in [9.17, 15) is 4.79 Å². The van der Waals surface area contributed by atoms with Crippen molar-refractivity contribution >= 4 is 6.09 Å². The standard InChI is InChI=1S/C14H30N2O3/c1-12(2,3)14(6,7)18-10-13(4,5)19-11(17)16-9-8-15/h8-10,15H2,1-7H3,(H,16,17). The summed E-state index contributed by atoms with van der Waals surface area (Å²) in [5, 5.41) is 2.57. The molecule has 3 N–H and O–H groups in total. The lowest BCUT2D eigenvalue weighted by Crippen LogP contribution is -2.45. The number of hydrogen-bond donors (Lipinski definition) is 2. The highest BCUT2D eigenvalue weighted by molar-refractivity contribution is 5.67. The number of hydrogen-bond acceptors (Lipinski definition) is 4. The minimum absolute atomic E-state index is 0.00485. The molecule has 0 rings (SSSR count). The maximum absolute atomic E-state index is 11.5. The molecule has 0 aromatic heterocycles. The van der Waals surface area contributed by atoms with Gasteiger partial charge in [0.05, 0.1) is 12.2 Å². The highest BCUT2D eigenvalue weighted by Crippen LogP contribution is 2.33. The molecule has 0 atom stereocenters. The van der Waals surface area contributed by atoms with E-state index >= 15 is 0 Å². The number of nitrogens with two attached hydrogens (primary N) is 1. The molecule has 0 aromatic carbocycles. The van der Waals surface area contributed by atoms with Crippen LogP contribution in [-0.2, 0) is 9.47 Å². The minimum Gasteiger partial charge on any atom is -0.441 e. The second kappa shape index (κ2) is 6.57. The van der Waals surface area contributed by atoms with Crippen LogP contribution in [0.15, 0.2) is 0 Å². The van der Waals surface area contributed by atoms with Crippen molar-refractivity contribution in [3.63, 3.8) is 0 Å². The van der Waals surface area contributed by atoms with E-state index in [4.69, 9.17) is 15.2 Å². The summed E-state index contributed by atoms with van der Waals surface area (Å²) in [7, 11) is 0. The quantitative estimate of drug-likeness (QED) is 0.779. The van der Waals surface area contributed by atoms with E-state index < -0.39 is 11.7 Å². The lowest BCUT2D eigenvalue weighted by atomic mass is 9.79. The van der Waals surface area contributed by atoms with Gasteiger partial charge in [0.1, 0.15) is 5.60 Å². The van der Waals surface area contributed by atoms with E-state index in [2.05, 4.69) is 26.1 Å². The third-order valence-electron chi connectivity index (χ3n) is 3.37. The van der Waals surface area contributed by atoms with Gasteiger partial charge in [0.15, 0.2) is 0 Å². The summed E-state index contributed by atoms with van der Waals surface area (Å²) >= 11 is 0. The molecule has 0 unspecified atom stereocenters. The minimum atomic E-state index is -0.679. The topological polar surface area (TPSA) is 73.6 Å². The van der Waals surface area contributed by atoms with Crippen molar-refractivity contribution in [2.75, 3.05) is 19.7 Å². The van der Waals surface area contributed by atoms with E-state index in [0.717, 1.165) is 0 Å². The van der Waals surface area contributed by atoms with Crippen molar-refractivity contribution in [2.45, 2.75) is 59.7 Å². The van der Waals surface area contributed by atoms with Crippen molar-refractivity contribution < 1.29 is 14.3 Å². The first kappa shape index (κ1) is 18.2. The van der Waals surface area contributed by atoms with Crippen molar-refractivity contribution in [1.29, 1.82) is 0 Å². The summed E-state index contributed by atoms with van der Waals surface area (Å²) < 4.78 is 11.3. The van der Waals surface area contributed by atoms with Gasteiger partial charge in [-0.25, -0.2) is 4.79 Å². The third-order valence-corrected chi connectivity index (χ3v) is 3.37. The van der Waals surface area contributed by atoms with Crippen molar-refractivity contribution in [3.05, 3.63) is 0 Å². The molecular weight excluding hydrogens is 244 g/mol. The Morgan fingerprint density at radius 3 is 2.05 bits per heavy atom. The summed E-state index contributed by atoms with van der Waals surface area (Å²) in [6.07, 6.45) is -0.465. The van der Waals surface area contributed by atoms with Crippen LogP contribution in [0.4, 0.5) is 4.79 Å². The van der Waals surface area contributed by atoms with E-state index in [0.29, 0.717) is 19.7 Å². The average molecular weight is 274 g/mol. The van der Waals surface area contributed by atoms with Gasteiger partial charge >= 0.3 is 6.09 Å². The molecule has 0 aliphatic heterocycles. The summed E-state index contributed by atoms with van der Waals surface area (Å²) in [5.41, 5.74) is 4.33. The lowest BCUT2D eigenvalue weighted by molar-refractivity contribution is -0.136. The van der Waals surface area contributed by atoms with E-state index in [-0.39, 0.29) is 11.0 Å². The fraction of sp³-hybridized carbons (Fsp3) is 0.929. The zero-order valence-corrected chi connectivity index (χ0v) is 13.4. The molecular formula is C14H30N2O3. The predicted molar refractivity (Wildman–Crippen MR) is 77.1 cm³/mol. The van der Waals surface area contributed by atoms with Crippen LogP contribution < -0.4 is 11.1 Å². The molecule has 0 aliphatic rings. The van der Waals surface area contributed by atoms with Gasteiger partial charge in [-0.2, -0.15) is 0 Å². The van der Waals surface area contributed by atoms with Gasteiger partial charge in [0.2, 0.25) is 0 Å². The zero-order chi connectivity index (χ0) is 15.3. The first-order chi connectivity index (χ1) is 8.41. The van der Waals surface area contributed by atoms with Gasteiger partial charge in [0.25, 0.3) is 0 Å². The van der Waals surface area contributed by atoms with Crippen molar-refractivity contribution in [2.24, 2.45) is 11.1 Å². The van der Waals surface area contributed by atoms with E-state index in [1.54, 1.807) is 0 Å². The average Bonchev–Trinajstić information content (AvgIpc) is 2.22. The molecule has 0 bridgehead atoms. The number of alkyl carbamates (subject to hydrolysis) is 1. The largest absolute Gasteiger partial charge is 0.441 e. The van der Waals surface area contributed by atoms with E-state index in [1.807, 2.05) is 27.7 Å². The maximum Gasteiger partial charge on any atom is 0.407 e. The van der Waals surface area contributed by atoms with Gasteiger partial charge in [-0.05, 0) is 33.1 Å². The second-order valence-corrected chi connectivity index (χ2v) is 6.91. The molecule has 0 heterocycles. The number of nitrogens with one attached hydrogen (secondary N) is 1. The Bertz CT molecular complexity index is 294. The number of ether oxygens (including phenoxy) is 2. The molecule has 0 aliphatic carbocycles. The first-order valence-corrected chi connectivity index (χ1v) is 6.72. The number of rotatable bonds is 6. The molecule has 1 amide bonds. The van der Waals surface area contributed by atoms with Crippen LogP contribution in [0.2, 0.25) is 0 Å². The van der Waals surface area contributed by atoms with Crippen LogP contribution in [0, 0.1) is 5.41 Å². The summed E-state index contributed by atoms with van der Waals surface area (Å²) in [4.78, 5) is 11.5. The highest BCUT2D eigenvalue weighted by atomic mass is 16.6. The summed E-state index contributed by atoms with van der Waals surface area (Å²) in [6.45, 7) is 15.2. The van der Waals surface area contributed by atoms with Crippen LogP contribution in [0.25, 0.3) is 0 Å². The second-order valence-electron chi connectivity index (χ2n) is 6.91. The van der Waals surface area contributed by atoms with Crippen LogP contribution in [0.1, 0.15) is 48.5 Å². The Morgan fingerprint density at radius 2 is 1.63 bits per heavy atom. The maximum atomic E-state index is 11.5. The fourth-order valence-electron chi connectivity index (χ4n) is 1.06. The van der Waals surface area contributed by atoms with Crippen molar-refractivity contribution in [1.82, 2.24) is 5.32 Å². The van der Waals surface area contributed by atoms with E-state index in [1.165, 1.54) is 0 Å². The van der Waals surface area contributed by atoms with Crippen molar-refractivity contribution in [3.8, 4) is 0 Å². The predicted octanol–water partition coefficient (Wildman–Crippen LogP) is 2.29. The van der Waals surface area contributed by atoms with Gasteiger partial charge < -0.3 is 20.5 Å². The monoisotopic (exact) mass is 274 g/mol. The molecule has 5 heteroatoms. The summed E-state index contributed by atoms with van der Waals surface area (Å²) in [5.74, 6) is 0. The van der Waals surface area contributed by atoms with Crippen LogP contribution in [0.5, 0.6) is 0 Å². The molecule has 0 saturated carbocycles. The molecule has 0 saturated heterocycles. The smallest absolute Gasteiger partial charge is 0.407 e. The van der Waals surface area contributed by atoms with Gasteiger partial charge in [-0.1, -0.05) is 20.8 Å². The summed E-state index contributed by atoms with van der Waals surface area (Å²) in [6, 6.07) is 0. The molecule has 0 aromatic rings. The molecule has 0 spiro atoms. The molecule has 114 valence electrons. The van der Waals surface area contributed by atoms with Crippen LogP contribution in [-0.4, -0.2) is 37.0 Å². The number of carbonyl (C=O) groups is 1. The van der Waals surface area contributed by atoms with Gasteiger partial charge in [-0.3, -0.25) is 0 Å². The number of carbonyl (C=O) groups excluding carboxylic acids is 1. The Kier molecular flexibility index (Phi) is 6.29. The van der Waals surface area contributed by atoms with Crippen LogP contribution in [0.3, 0.4) is 0 Å². The SMILES string of the molecule is CC(C)(COC(C)(C)C(C)(C)C)OC(=O)NCCN. The fourth-order valence-corrected chi connectivity index (χ4v) is 1.06. The Balaban J connectivity index is 4.34. The number of amides is 1. The normalized spacial score (nSPS) is 13.3. The molecule has 19 heavy (non-hydrogen) atoms. The lowest BCUT2D eigenvalue weighted by Gasteiger charge is -2.40. The van der Waals surface area contributed by atoms with Gasteiger partial charge in [-0.15, -0.1) is 0 Å². The first-order valence-electron chi connectivity index (χ1n) is 6.72. The molecule has 5 nitrogen and oxygen atoms in total. The Morgan fingerprint density at radius 1 is 1.11 bits per heavy atom. The Labute approximate surface area is 117 Å².